The van der Waals surface area contributed by atoms with Gasteiger partial charge in [-0.1, -0.05) is 48.5 Å². The molecule has 0 bridgehead atoms. The van der Waals surface area contributed by atoms with E-state index in [0.29, 0.717) is 24.0 Å². The Morgan fingerprint density at radius 1 is 1.00 bits per heavy atom. The standard InChI is InChI=1S/C27H23NO5S/c1-3-31-27(29)33-26-23(25-24(28-26)20-11-7-8-12-22(20)34-25)19-14-13-18(30-2)15-21(19)32-16-17-9-5-4-6-10-17/h4-15,28H,3,16H2,1-2H3. The van der Waals surface area contributed by atoms with E-state index in [1.807, 2.05) is 66.7 Å². The summed E-state index contributed by atoms with van der Waals surface area (Å²) in [4.78, 5) is 15.5. The summed E-state index contributed by atoms with van der Waals surface area (Å²) in [5.41, 5.74) is 3.48. The molecule has 0 fully saturated rings. The zero-order valence-electron chi connectivity index (χ0n) is 18.8. The third-order valence-electron chi connectivity index (χ3n) is 5.43. The second kappa shape index (κ2) is 9.49. The molecular formula is C27H23NO5S. The molecule has 0 aliphatic rings. The Bertz CT molecular complexity index is 1450. The van der Waals surface area contributed by atoms with E-state index < -0.39 is 6.16 Å². The fraction of sp³-hybridized carbons (Fsp3) is 0.148. The van der Waals surface area contributed by atoms with Crippen LogP contribution in [0.15, 0.2) is 72.8 Å². The van der Waals surface area contributed by atoms with Gasteiger partial charge in [-0.3, -0.25) is 0 Å². The van der Waals surface area contributed by atoms with Crippen LogP contribution in [0.5, 0.6) is 17.4 Å². The van der Waals surface area contributed by atoms with Gasteiger partial charge in [0.25, 0.3) is 0 Å². The van der Waals surface area contributed by atoms with E-state index in [9.17, 15) is 4.79 Å². The number of carbonyl (C=O) groups is 1. The van der Waals surface area contributed by atoms with E-state index >= 15 is 0 Å². The molecule has 172 valence electrons. The minimum Gasteiger partial charge on any atom is -0.497 e. The van der Waals surface area contributed by atoms with Crippen molar-refractivity contribution in [3.8, 4) is 28.5 Å². The van der Waals surface area contributed by atoms with Crippen molar-refractivity contribution in [3.05, 3.63) is 78.4 Å². The van der Waals surface area contributed by atoms with Gasteiger partial charge in [-0.05, 0) is 30.7 Å². The Morgan fingerprint density at radius 2 is 1.79 bits per heavy atom. The smallest absolute Gasteiger partial charge is 0.497 e. The first-order valence-corrected chi connectivity index (χ1v) is 11.7. The maximum atomic E-state index is 12.2. The van der Waals surface area contributed by atoms with Gasteiger partial charge in [-0.2, -0.15) is 0 Å². The van der Waals surface area contributed by atoms with Gasteiger partial charge in [0, 0.05) is 21.7 Å². The van der Waals surface area contributed by atoms with Crippen molar-refractivity contribution in [3.63, 3.8) is 0 Å². The molecule has 0 unspecified atom stereocenters. The van der Waals surface area contributed by atoms with Crippen LogP contribution in [0.4, 0.5) is 4.79 Å². The SMILES string of the molecule is CCOC(=O)Oc1[nH]c2c(sc3ccccc32)c1-c1ccc(OC)cc1OCc1ccccc1. The number of aromatic amines is 1. The first-order chi connectivity index (χ1) is 16.7. The second-order valence-electron chi connectivity index (χ2n) is 7.55. The van der Waals surface area contributed by atoms with Crippen LogP contribution in [-0.4, -0.2) is 24.9 Å². The quantitative estimate of drug-likeness (QED) is 0.254. The van der Waals surface area contributed by atoms with E-state index in [0.717, 1.165) is 37.0 Å². The molecule has 0 aliphatic carbocycles. The molecular weight excluding hydrogens is 450 g/mol. The van der Waals surface area contributed by atoms with Crippen LogP contribution in [0.3, 0.4) is 0 Å². The Labute approximate surface area is 200 Å². The molecule has 1 N–H and O–H groups in total. The van der Waals surface area contributed by atoms with E-state index in [1.165, 1.54) is 0 Å². The minimum absolute atomic E-state index is 0.222. The highest BCUT2D eigenvalue weighted by atomic mass is 32.1. The van der Waals surface area contributed by atoms with Gasteiger partial charge in [0.15, 0.2) is 0 Å². The maximum absolute atomic E-state index is 12.2. The minimum atomic E-state index is -0.762. The molecule has 5 rings (SSSR count). The van der Waals surface area contributed by atoms with Crippen molar-refractivity contribution >= 4 is 37.8 Å². The topological polar surface area (TPSA) is 69.8 Å². The molecule has 0 aliphatic heterocycles. The van der Waals surface area contributed by atoms with Crippen molar-refractivity contribution < 1.29 is 23.7 Å². The van der Waals surface area contributed by atoms with Crippen LogP contribution in [0.1, 0.15) is 12.5 Å². The summed E-state index contributed by atoms with van der Waals surface area (Å²) in [6.45, 7) is 2.34. The molecule has 7 heteroatoms. The lowest BCUT2D eigenvalue weighted by Crippen LogP contribution is -2.10. The number of nitrogens with one attached hydrogen (secondary N) is 1. The molecule has 0 spiro atoms. The van der Waals surface area contributed by atoms with Crippen LogP contribution in [-0.2, 0) is 11.3 Å². The number of fused-ring (bicyclic) bond motifs is 3. The number of H-pyrrole nitrogens is 1. The average molecular weight is 474 g/mol. The largest absolute Gasteiger partial charge is 0.515 e. The van der Waals surface area contributed by atoms with Crippen LogP contribution in [0.25, 0.3) is 31.4 Å². The number of hydrogen-bond donors (Lipinski definition) is 1. The van der Waals surface area contributed by atoms with Gasteiger partial charge in [0.05, 0.1) is 29.5 Å². The molecule has 0 atom stereocenters. The number of rotatable bonds is 7. The van der Waals surface area contributed by atoms with Crippen LogP contribution >= 0.6 is 11.3 Å². The number of thiophene rings is 1. The van der Waals surface area contributed by atoms with Gasteiger partial charge < -0.3 is 23.9 Å². The second-order valence-corrected chi connectivity index (χ2v) is 8.61. The summed E-state index contributed by atoms with van der Waals surface area (Å²) in [6, 6.07) is 23.7. The highest BCUT2D eigenvalue weighted by Crippen LogP contribution is 2.48. The Hall–Kier alpha value is -3.97. The van der Waals surface area contributed by atoms with Crippen molar-refractivity contribution in [2.75, 3.05) is 13.7 Å². The highest BCUT2D eigenvalue weighted by molar-refractivity contribution is 7.26. The Kier molecular flexibility index (Phi) is 6.10. The summed E-state index contributed by atoms with van der Waals surface area (Å²) < 4.78 is 24.5. The van der Waals surface area contributed by atoms with Crippen molar-refractivity contribution in [1.82, 2.24) is 4.98 Å². The lowest BCUT2D eigenvalue weighted by Gasteiger charge is -2.14. The normalized spacial score (nSPS) is 11.0. The monoisotopic (exact) mass is 473 g/mol. The van der Waals surface area contributed by atoms with Gasteiger partial charge in [-0.25, -0.2) is 4.79 Å². The molecule has 0 saturated carbocycles. The van der Waals surface area contributed by atoms with E-state index in [1.54, 1.807) is 25.4 Å². The molecule has 6 nitrogen and oxygen atoms in total. The molecule has 3 aromatic carbocycles. The summed E-state index contributed by atoms with van der Waals surface area (Å²) in [5.74, 6) is 1.61. The predicted octanol–water partition coefficient (Wildman–Crippen LogP) is 7.17. The third-order valence-corrected chi connectivity index (χ3v) is 6.62. The molecule has 2 aromatic heterocycles. The number of aromatic nitrogens is 1. The van der Waals surface area contributed by atoms with Crippen molar-refractivity contribution in [2.45, 2.75) is 13.5 Å². The fourth-order valence-electron chi connectivity index (χ4n) is 3.87. The molecule has 0 radical (unpaired) electrons. The molecule has 34 heavy (non-hydrogen) atoms. The lowest BCUT2D eigenvalue weighted by molar-refractivity contribution is 0.103. The summed E-state index contributed by atoms with van der Waals surface area (Å²) in [7, 11) is 1.62. The molecule has 0 amide bonds. The average Bonchev–Trinajstić information content (AvgIpc) is 3.39. The summed E-state index contributed by atoms with van der Waals surface area (Å²) in [5, 5.41) is 1.06. The number of hydrogen-bond acceptors (Lipinski definition) is 6. The number of methoxy groups -OCH3 is 1. The number of carbonyl (C=O) groups excluding carboxylic acids is 1. The van der Waals surface area contributed by atoms with Gasteiger partial charge in [0.1, 0.15) is 18.1 Å². The fourth-order valence-corrected chi connectivity index (χ4v) is 5.08. The van der Waals surface area contributed by atoms with Crippen molar-refractivity contribution in [1.29, 1.82) is 0 Å². The van der Waals surface area contributed by atoms with Crippen LogP contribution < -0.4 is 14.2 Å². The zero-order chi connectivity index (χ0) is 23.5. The van der Waals surface area contributed by atoms with Crippen LogP contribution in [0.2, 0.25) is 0 Å². The maximum Gasteiger partial charge on any atom is 0.515 e. The predicted molar refractivity (Wildman–Crippen MR) is 134 cm³/mol. The van der Waals surface area contributed by atoms with Gasteiger partial charge in [0.2, 0.25) is 5.88 Å². The van der Waals surface area contributed by atoms with Crippen molar-refractivity contribution in [2.24, 2.45) is 0 Å². The number of ether oxygens (including phenoxy) is 4. The third kappa shape index (κ3) is 4.18. The van der Waals surface area contributed by atoms with E-state index in [-0.39, 0.29) is 6.61 Å². The lowest BCUT2D eigenvalue weighted by atomic mass is 10.1. The van der Waals surface area contributed by atoms with Crippen LogP contribution in [0, 0.1) is 0 Å². The van der Waals surface area contributed by atoms with E-state index in [2.05, 4.69) is 11.1 Å². The number of benzene rings is 3. The highest BCUT2D eigenvalue weighted by Gasteiger charge is 2.24. The van der Waals surface area contributed by atoms with E-state index in [4.69, 9.17) is 18.9 Å². The summed E-state index contributed by atoms with van der Waals surface area (Å²) >= 11 is 1.63. The molecule has 0 saturated heterocycles. The van der Waals surface area contributed by atoms with Gasteiger partial charge in [-0.15, -0.1) is 11.3 Å². The Balaban J connectivity index is 1.66. The zero-order valence-corrected chi connectivity index (χ0v) is 19.6. The summed E-state index contributed by atoms with van der Waals surface area (Å²) in [6.07, 6.45) is -0.762. The molecule has 2 heterocycles. The van der Waals surface area contributed by atoms with Gasteiger partial charge >= 0.3 is 6.16 Å². The Morgan fingerprint density at radius 3 is 2.59 bits per heavy atom. The first kappa shape index (κ1) is 21.9. The first-order valence-electron chi connectivity index (χ1n) is 10.9. The molecule has 5 aromatic rings.